The van der Waals surface area contributed by atoms with Gasteiger partial charge in [-0.3, -0.25) is 4.79 Å². The molecule has 2 rings (SSSR count). The highest BCUT2D eigenvalue weighted by Gasteiger charge is 2.28. The lowest BCUT2D eigenvalue weighted by Crippen LogP contribution is -2.24. The van der Waals surface area contributed by atoms with E-state index in [1.165, 1.54) is 29.6 Å². The van der Waals surface area contributed by atoms with Crippen molar-refractivity contribution < 1.29 is 4.79 Å². The van der Waals surface area contributed by atoms with E-state index < -0.39 is 0 Å². The molecule has 1 saturated carbocycles. The second-order valence-electron chi connectivity index (χ2n) is 4.11. The van der Waals surface area contributed by atoms with Crippen LogP contribution in [0.2, 0.25) is 0 Å². The lowest BCUT2D eigenvalue weighted by molar-refractivity contribution is -0.117. The molecule has 0 atom stereocenters. The van der Waals surface area contributed by atoms with Gasteiger partial charge < -0.3 is 5.32 Å². The smallest absolute Gasteiger partial charge is 0.247 e. The van der Waals surface area contributed by atoms with Crippen LogP contribution in [-0.4, -0.2) is 12.5 Å². The van der Waals surface area contributed by atoms with Crippen molar-refractivity contribution in [2.75, 3.05) is 6.54 Å². The highest BCUT2D eigenvalue weighted by atomic mass is 16.1. The molecule has 0 heterocycles. The fourth-order valence-electron chi connectivity index (χ4n) is 2.51. The molecule has 0 aromatic heterocycles. The largest absolute Gasteiger partial charge is 0.353 e. The van der Waals surface area contributed by atoms with Crippen molar-refractivity contribution in [1.82, 2.24) is 5.32 Å². The number of amides is 1. The van der Waals surface area contributed by atoms with E-state index in [9.17, 15) is 4.79 Å². The van der Waals surface area contributed by atoms with Crippen LogP contribution in [0.15, 0.2) is 22.3 Å². The summed E-state index contributed by atoms with van der Waals surface area (Å²) in [5, 5.41) is 2.90. The Morgan fingerprint density at radius 1 is 1.36 bits per heavy atom. The van der Waals surface area contributed by atoms with Crippen molar-refractivity contribution in [1.29, 1.82) is 0 Å². The number of carbonyl (C=O) groups is 1. The van der Waals surface area contributed by atoms with Crippen molar-refractivity contribution in [2.24, 2.45) is 0 Å². The topological polar surface area (TPSA) is 29.1 Å². The van der Waals surface area contributed by atoms with Gasteiger partial charge in [-0.15, -0.1) is 0 Å². The van der Waals surface area contributed by atoms with Gasteiger partial charge in [0, 0.05) is 12.1 Å². The number of likely N-dealkylation sites (N-methyl/N-ethyl adjacent to an activating group) is 1. The predicted octanol–water partition coefficient (Wildman–Crippen LogP) is 2.32. The van der Waals surface area contributed by atoms with Gasteiger partial charge in [0.25, 0.3) is 0 Å². The molecule has 0 aliphatic heterocycles. The van der Waals surface area contributed by atoms with E-state index in [4.69, 9.17) is 0 Å². The Bertz CT molecular complexity index is 336. The van der Waals surface area contributed by atoms with Gasteiger partial charge in [-0.2, -0.15) is 0 Å². The number of allylic oxidation sites excluding steroid dienone is 3. The molecule has 2 aliphatic rings. The Kier molecular flexibility index (Phi) is 2.44. The Morgan fingerprint density at radius 2 is 2.07 bits per heavy atom. The molecular formula is C12H17NO. The average Bonchev–Trinajstić information content (AvgIpc) is 2.70. The van der Waals surface area contributed by atoms with Crippen LogP contribution < -0.4 is 5.32 Å². The molecule has 1 fully saturated rings. The molecular weight excluding hydrogens is 174 g/mol. The van der Waals surface area contributed by atoms with Crippen molar-refractivity contribution in [3.05, 3.63) is 22.3 Å². The Balaban J connectivity index is 2.23. The summed E-state index contributed by atoms with van der Waals surface area (Å²) in [4.78, 5) is 11.7. The molecule has 0 aromatic carbocycles. The van der Waals surface area contributed by atoms with E-state index in [1.807, 2.05) is 6.92 Å². The van der Waals surface area contributed by atoms with Gasteiger partial charge in [-0.05, 0) is 50.7 Å². The van der Waals surface area contributed by atoms with E-state index in [0.29, 0.717) is 0 Å². The normalized spacial score (nSPS) is 20.4. The predicted molar refractivity (Wildman–Crippen MR) is 56.9 cm³/mol. The maximum Gasteiger partial charge on any atom is 0.247 e. The summed E-state index contributed by atoms with van der Waals surface area (Å²) in [5.41, 5.74) is 5.29. The lowest BCUT2D eigenvalue weighted by atomic mass is 10.1. The summed E-state index contributed by atoms with van der Waals surface area (Å²) in [6.45, 7) is 4.85. The molecule has 1 N–H and O–H groups in total. The second-order valence-corrected chi connectivity index (χ2v) is 4.11. The lowest BCUT2D eigenvalue weighted by Gasteiger charge is -2.05. The van der Waals surface area contributed by atoms with Gasteiger partial charge in [0.15, 0.2) is 0 Å². The molecule has 2 aliphatic carbocycles. The monoisotopic (exact) mass is 191 g/mol. The Labute approximate surface area is 85.1 Å². The van der Waals surface area contributed by atoms with Gasteiger partial charge in [-0.25, -0.2) is 0 Å². The first-order valence-corrected chi connectivity index (χ1v) is 5.43. The average molecular weight is 191 g/mol. The molecule has 2 nitrogen and oxygen atoms in total. The van der Waals surface area contributed by atoms with Gasteiger partial charge in [0.2, 0.25) is 5.91 Å². The first kappa shape index (κ1) is 9.50. The minimum Gasteiger partial charge on any atom is -0.353 e. The standard InChI is InChI=1S/C12H17NO/c1-3-13-12(14)11-7-8(2)9-5-4-6-10(9)11/h3-7H2,1-2H3,(H,13,14). The van der Waals surface area contributed by atoms with E-state index >= 15 is 0 Å². The van der Waals surface area contributed by atoms with Crippen LogP contribution in [-0.2, 0) is 4.79 Å². The summed E-state index contributed by atoms with van der Waals surface area (Å²) in [6.07, 6.45) is 4.41. The van der Waals surface area contributed by atoms with Crippen molar-refractivity contribution in [3.8, 4) is 0 Å². The molecule has 0 saturated heterocycles. The highest BCUT2D eigenvalue weighted by Crippen LogP contribution is 2.42. The Morgan fingerprint density at radius 3 is 2.79 bits per heavy atom. The Hall–Kier alpha value is -1.05. The summed E-state index contributed by atoms with van der Waals surface area (Å²) < 4.78 is 0. The molecule has 0 aromatic rings. The van der Waals surface area contributed by atoms with Crippen molar-refractivity contribution in [3.63, 3.8) is 0 Å². The van der Waals surface area contributed by atoms with Crippen LogP contribution in [0.5, 0.6) is 0 Å². The summed E-state index contributed by atoms with van der Waals surface area (Å²) in [6, 6.07) is 0. The first-order valence-electron chi connectivity index (χ1n) is 5.43. The zero-order valence-corrected chi connectivity index (χ0v) is 8.94. The molecule has 14 heavy (non-hydrogen) atoms. The number of carbonyl (C=O) groups excluding carboxylic acids is 1. The zero-order valence-electron chi connectivity index (χ0n) is 8.94. The number of nitrogens with one attached hydrogen (secondary N) is 1. The number of hydrogen-bond acceptors (Lipinski definition) is 1. The van der Waals surface area contributed by atoms with Gasteiger partial charge in [0.05, 0.1) is 0 Å². The van der Waals surface area contributed by atoms with Gasteiger partial charge in [-0.1, -0.05) is 5.57 Å². The van der Waals surface area contributed by atoms with Crippen LogP contribution >= 0.6 is 0 Å². The SMILES string of the molecule is CCNC(=O)C1=C2CCCC2=C(C)C1. The second kappa shape index (κ2) is 3.60. The van der Waals surface area contributed by atoms with Crippen LogP contribution in [0.3, 0.4) is 0 Å². The molecule has 0 bridgehead atoms. The summed E-state index contributed by atoms with van der Waals surface area (Å²) in [7, 11) is 0. The fourth-order valence-corrected chi connectivity index (χ4v) is 2.51. The molecule has 0 unspecified atom stereocenters. The van der Waals surface area contributed by atoms with Crippen molar-refractivity contribution in [2.45, 2.75) is 39.5 Å². The molecule has 2 heteroatoms. The van der Waals surface area contributed by atoms with E-state index in [-0.39, 0.29) is 5.91 Å². The number of fused-ring (bicyclic) bond motifs is 1. The maximum atomic E-state index is 11.7. The van der Waals surface area contributed by atoms with Crippen molar-refractivity contribution >= 4 is 5.91 Å². The molecule has 0 spiro atoms. The summed E-state index contributed by atoms with van der Waals surface area (Å²) >= 11 is 0. The number of rotatable bonds is 2. The summed E-state index contributed by atoms with van der Waals surface area (Å²) in [5.74, 6) is 0.152. The van der Waals surface area contributed by atoms with Gasteiger partial charge in [0.1, 0.15) is 0 Å². The third kappa shape index (κ3) is 1.39. The third-order valence-electron chi connectivity index (χ3n) is 3.15. The third-order valence-corrected chi connectivity index (χ3v) is 3.15. The maximum absolute atomic E-state index is 11.7. The quantitative estimate of drug-likeness (QED) is 0.713. The van der Waals surface area contributed by atoms with Crippen LogP contribution in [0.4, 0.5) is 0 Å². The highest BCUT2D eigenvalue weighted by molar-refractivity contribution is 5.96. The molecule has 1 amide bonds. The van der Waals surface area contributed by atoms with E-state index in [1.54, 1.807) is 0 Å². The van der Waals surface area contributed by atoms with Crippen LogP contribution in [0.1, 0.15) is 39.5 Å². The van der Waals surface area contributed by atoms with Crippen LogP contribution in [0.25, 0.3) is 0 Å². The van der Waals surface area contributed by atoms with Gasteiger partial charge >= 0.3 is 0 Å². The minimum atomic E-state index is 0.152. The van der Waals surface area contributed by atoms with E-state index in [0.717, 1.165) is 25.0 Å². The zero-order chi connectivity index (χ0) is 10.1. The fraction of sp³-hybridized carbons (Fsp3) is 0.583. The minimum absolute atomic E-state index is 0.152. The molecule has 0 radical (unpaired) electrons. The first-order chi connectivity index (χ1) is 6.74. The number of hydrogen-bond donors (Lipinski definition) is 1. The molecule has 76 valence electrons. The van der Waals surface area contributed by atoms with Crippen LogP contribution in [0, 0.1) is 0 Å². The van der Waals surface area contributed by atoms with E-state index in [2.05, 4.69) is 12.2 Å².